The summed E-state index contributed by atoms with van der Waals surface area (Å²) >= 11 is 0. The van der Waals surface area contributed by atoms with Gasteiger partial charge in [0.2, 0.25) is 0 Å². The molecule has 1 fully saturated rings. The van der Waals surface area contributed by atoms with E-state index < -0.39 is 12.1 Å². The lowest BCUT2D eigenvalue weighted by molar-refractivity contribution is -0.137. The Morgan fingerprint density at radius 1 is 1.27 bits per heavy atom. The number of rotatable bonds is 11. The fourth-order valence-electron chi connectivity index (χ4n) is 3.46. The topological polar surface area (TPSA) is 74.6 Å². The van der Waals surface area contributed by atoms with Crippen LogP contribution in [0.3, 0.4) is 0 Å². The van der Waals surface area contributed by atoms with E-state index in [2.05, 4.69) is 13.0 Å². The maximum absolute atomic E-state index is 12.3. The lowest BCUT2D eigenvalue weighted by atomic mass is 9.87. The van der Waals surface area contributed by atoms with Crippen LogP contribution in [-0.2, 0) is 9.59 Å². The third kappa shape index (κ3) is 8.61. The molecule has 0 radical (unpaired) electrons. The fraction of sp³-hybridized carbons (Fsp3) is 0.636. The summed E-state index contributed by atoms with van der Waals surface area (Å²) in [4.78, 5) is 22.8. The molecule has 1 aliphatic rings. The second kappa shape index (κ2) is 11.8. The first-order valence-corrected chi connectivity index (χ1v) is 9.70. The quantitative estimate of drug-likeness (QED) is 0.413. The number of aliphatic hydroxyl groups excluding tert-OH is 1. The van der Waals surface area contributed by atoms with Gasteiger partial charge in [0.15, 0.2) is 0 Å². The molecule has 146 valence electrons. The van der Waals surface area contributed by atoms with Crippen LogP contribution in [0.1, 0.15) is 65.7 Å². The normalized spacial score (nSPS) is 24.5. The molecule has 0 amide bonds. The van der Waals surface area contributed by atoms with Crippen molar-refractivity contribution in [2.45, 2.75) is 71.8 Å². The van der Waals surface area contributed by atoms with Crippen LogP contribution in [0.15, 0.2) is 36.0 Å². The van der Waals surface area contributed by atoms with Gasteiger partial charge in [-0.2, -0.15) is 0 Å². The van der Waals surface area contributed by atoms with Gasteiger partial charge in [-0.3, -0.25) is 9.59 Å². The zero-order chi connectivity index (χ0) is 19.5. The Morgan fingerprint density at radius 2 is 2.00 bits per heavy atom. The smallest absolute Gasteiger partial charge is 0.303 e. The van der Waals surface area contributed by atoms with Gasteiger partial charge in [-0.05, 0) is 57.8 Å². The highest BCUT2D eigenvalue weighted by Crippen LogP contribution is 2.37. The van der Waals surface area contributed by atoms with Crippen molar-refractivity contribution in [1.82, 2.24) is 0 Å². The Labute approximate surface area is 157 Å². The molecular formula is C22H34O4. The number of aliphatic carboxylic acids is 1. The molecule has 4 heteroatoms. The molecule has 0 aliphatic heterocycles. The number of carbonyl (C=O) groups is 2. The van der Waals surface area contributed by atoms with Gasteiger partial charge in [0, 0.05) is 18.8 Å². The Balaban J connectivity index is 2.51. The summed E-state index contributed by atoms with van der Waals surface area (Å²) < 4.78 is 0. The second-order valence-corrected chi connectivity index (χ2v) is 7.64. The van der Waals surface area contributed by atoms with Crippen LogP contribution in [0, 0.1) is 17.8 Å². The number of unbranched alkanes of at least 4 members (excludes halogenated alkanes) is 1. The van der Waals surface area contributed by atoms with E-state index in [1.807, 2.05) is 38.2 Å². The van der Waals surface area contributed by atoms with Crippen molar-refractivity contribution in [3.05, 3.63) is 36.0 Å². The highest BCUT2D eigenvalue weighted by Gasteiger charge is 2.37. The van der Waals surface area contributed by atoms with E-state index in [1.54, 1.807) is 0 Å². The summed E-state index contributed by atoms with van der Waals surface area (Å²) in [6.45, 7) is 6.20. The number of aliphatic hydroxyl groups is 1. The first-order chi connectivity index (χ1) is 12.3. The standard InChI is InChI=1S/C22H34O4/c1-16(2)9-8-10-18(23)13-14-19-17(3)15-21(24)20(19)11-6-4-5-7-12-22(25)26/h4,6,9,13-14,17-20,23H,5,7-8,10-12,15H2,1-3H3,(H,25,26)/b6-4-,14-13+/t17-,18-,19+,20-/m1/s1. The minimum absolute atomic E-state index is 0.0260. The fourth-order valence-corrected chi connectivity index (χ4v) is 3.46. The number of allylic oxidation sites excluding steroid dienone is 5. The van der Waals surface area contributed by atoms with Gasteiger partial charge in [-0.15, -0.1) is 0 Å². The van der Waals surface area contributed by atoms with Crippen LogP contribution >= 0.6 is 0 Å². The van der Waals surface area contributed by atoms with Crippen LogP contribution in [-0.4, -0.2) is 28.1 Å². The maximum Gasteiger partial charge on any atom is 0.303 e. The second-order valence-electron chi connectivity index (χ2n) is 7.64. The summed E-state index contributed by atoms with van der Waals surface area (Å²) in [6.07, 6.45) is 13.9. The molecule has 4 atom stereocenters. The van der Waals surface area contributed by atoms with Gasteiger partial charge < -0.3 is 10.2 Å². The van der Waals surface area contributed by atoms with Crippen LogP contribution < -0.4 is 0 Å². The lowest BCUT2D eigenvalue weighted by Crippen LogP contribution is -2.15. The molecule has 0 aromatic carbocycles. The van der Waals surface area contributed by atoms with E-state index in [9.17, 15) is 14.7 Å². The minimum Gasteiger partial charge on any atom is -0.481 e. The number of Topliss-reactive ketones (excluding diaryl/α,β-unsaturated/α-hetero) is 1. The molecule has 1 saturated carbocycles. The summed E-state index contributed by atoms with van der Waals surface area (Å²) in [6, 6.07) is 0. The van der Waals surface area contributed by atoms with Crippen molar-refractivity contribution in [2.75, 3.05) is 0 Å². The van der Waals surface area contributed by atoms with Crippen LogP contribution in [0.4, 0.5) is 0 Å². The number of carboxylic acid groups (broad SMARTS) is 1. The maximum atomic E-state index is 12.3. The SMILES string of the molecule is CC(C)=CCC[C@@H](O)/C=C/[C@H]1[C@H](C)CC(=O)[C@@H]1C/C=C\CCCC(=O)O. The molecule has 4 nitrogen and oxygen atoms in total. The molecule has 26 heavy (non-hydrogen) atoms. The Bertz CT molecular complexity index is 540. The number of carboxylic acids is 1. The average molecular weight is 363 g/mol. The van der Waals surface area contributed by atoms with E-state index >= 15 is 0 Å². The van der Waals surface area contributed by atoms with Crippen molar-refractivity contribution < 1.29 is 19.8 Å². The first kappa shape index (κ1) is 22.4. The highest BCUT2D eigenvalue weighted by molar-refractivity contribution is 5.84. The molecular weight excluding hydrogens is 328 g/mol. The molecule has 0 spiro atoms. The van der Waals surface area contributed by atoms with Gasteiger partial charge in [0.05, 0.1) is 6.10 Å². The number of hydrogen-bond donors (Lipinski definition) is 2. The summed E-state index contributed by atoms with van der Waals surface area (Å²) in [7, 11) is 0. The largest absolute Gasteiger partial charge is 0.481 e. The molecule has 0 aromatic rings. The van der Waals surface area contributed by atoms with Crippen LogP contribution in [0.5, 0.6) is 0 Å². The van der Waals surface area contributed by atoms with Crippen LogP contribution in [0.25, 0.3) is 0 Å². The van der Waals surface area contributed by atoms with Crippen molar-refractivity contribution in [2.24, 2.45) is 17.8 Å². The van der Waals surface area contributed by atoms with Crippen molar-refractivity contribution in [1.29, 1.82) is 0 Å². The highest BCUT2D eigenvalue weighted by atomic mass is 16.4. The molecule has 0 unspecified atom stereocenters. The van der Waals surface area contributed by atoms with Gasteiger partial charge in [-0.1, -0.05) is 42.9 Å². The molecule has 0 aromatic heterocycles. The minimum atomic E-state index is -0.772. The third-order valence-corrected chi connectivity index (χ3v) is 4.95. The third-order valence-electron chi connectivity index (χ3n) is 4.95. The van der Waals surface area contributed by atoms with E-state index in [0.717, 1.165) is 12.8 Å². The van der Waals surface area contributed by atoms with Crippen molar-refractivity contribution in [3.8, 4) is 0 Å². The van der Waals surface area contributed by atoms with Crippen LogP contribution in [0.2, 0.25) is 0 Å². The molecule has 1 rings (SSSR count). The first-order valence-electron chi connectivity index (χ1n) is 9.70. The molecule has 0 heterocycles. The molecule has 0 saturated heterocycles. The van der Waals surface area contributed by atoms with Gasteiger partial charge in [-0.25, -0.2) is 0 Å². The van der Waals surface area contributed by atoms with E-state index in [1.165, 1.54) is 5.57 Å². The summed E-state index contributed by atoms with van der Waals surface area (Å²) in [5, 5.41) is 18.7. The number of ketones is 1. The number of hydrogen-bond acceptors (Lipinski definition) is 3. The average Bonchev–Trinajstić information content (AvgIpc) is 2.81. The van der Waals surface area contributed by atoms with Gasteiger partial charge in [0.1, 0.15) is 5.78 Å². The Kier molecular flexibility index (Phi) is 10.2. The molecule has 0 bridgehead atoms. The van der Waals surface area contributed by atoms with E-state index in [-0.39, 0.29) is 18.3 Å². The Hall–Kier alpha value is -1.68. The number of carbonyl (C=O) groups excluding carboxylic acids is 1. The van der Waals surface area contributed by atoms with E-state index in [4.69, 9.17) is 5.11 Å². The van der Waals surface area contributed by atoms with Crippen molar-refractivity contribution >= 4 is 11.8 Å². The van der Waals surface area contributed by atoms with Gasteiger partial charge >= 0.3 is 5.97 Å². The van der Waals surface area contributed by atoms with Gasteiger partial charge in [0.25, 0.3) is 0 Å². The predicted molar refractivity (Wildman–Crippen MR) is 105 cm³/mol. The lowest BCUT2D eigenvalue weighted by Gasteiger charge is -2.17. The zero-order valence-corrected chi connectivity index (χ0v) is 16.4. The summed E-state index contributed by atoms with van der Waals surface area (Å²) in [5.41, 5.74) is 1.26. The van der Waals surface area contributed by atoms with E-state index in [0.29, 0.717) is 37.4 Å². The Morgan fingerprint density at radius 3 is 2.65 bits per heavy atom. The summed E-state index contributed by atoms with van der Waals surface area (Å²) in [5.74, 6) is -0.0340. The monoisotopic (exact) mass is 362 g/mol. The zero-order valence-electron chi connectivity index (χ0n) is 16.4. The predicted octanol–water partition coefficient (Wildman–Crippen LogP) is 4.69. The van der Waals surface area contributed by atoms with Crippen molar-refractivity contribution in [3.63, 3.8) is 0 Å². The molecule has 2 N–H and O–H groups in total. The molecule has 1 aliphatic carbocycles.